The molecule has 36 heavy (non-hydrogen) atoms. The predicted octanol–water partition coefficient (Wildman–Crippen LogP) is 1.94. The molecule has 10 heteroatoms. The van der Waals surface area contributed by atoms with E-state index in [1.165, 1.54) is 13.2 Å². The van der Waals surface area contributed by atoms with Gasteiger partial charge in [0, 0.05) is 5.57 Å². The molecule has 0 amide bonds. The molecule has 198 valence electrons. The number of aliphatic hydroxyl groups is 1. The fourth-order valence-corrected chi connectivity index (χ4v) is 4.31. The van der Waals surface area contributed by atoms with Crippen LogP contribution in [0.3, 0.4) is 0 Å². The Morgan fingerprint density at radius 3 is 2.47 bits per heavy atom. The van der Waals surface area contributed by atoms with Crippen LogP contribution in [-0.2, 0) is 42.9 Å². The number of carbonyl (C=O) groups is 4. The van der Waals surface area contributed by atoms with Crippen LogP contribution in [0.5, 0.6) is 0 Å². The Bertz CT molecular complexity index is 997. The van der Waals surface area contributed by atoms with Crippen molar-refractivity contribution in [1.82, 2.24) is 0 Å². The summed E-state index contributed by atoms with van der Waals surface area (Å²) < 4.78 is 27.4. The second-order valence-corrected chi connectivity index (χ2v) is 9.62. The molecule has 8 atom stereocenters. The fraction of sp³-hybridized carbons (Fsp3) is 0.615. The van der Waals surface area contributed by atoms with E-state index in [9.17, 15) is 24.3 Å². The maximum atomic E-state index is 13.1. The van der Waals surface area contributed by atoms with Crippen molar-refractivity contribution in [3.63, 3.8) is 0 Å². The van der Waals surface area contributed by atoms with E-state index in [1.54, 1.807) is 27.7 Å². The van der Waals surface area contributed by atoms with Crippen molar-refractivity contribution >= 4 is 23.9 Å². The lowest BCUT2D eigenvalue weighted by Crippen LogP contribution is -2.50. The van der Waals surface area contributed by atoms with Crippen LogP contribution in [0, 0.1) is 11.8 Å². The molecule has 0 saturated carbocycles. The van der Waals surface area contributed by atoms with Crippen LogP contribution in [0.1, 0.15) is 47.0 Å². The quantitative estimate of drug-likeness (QED) is 0.187. The largest absolute Gasteiger partial charge is 0.466 e. The summed E-state index contributed by atoms with van der Waals surface area (Å²) in [5.41, 5.74) is -1.08. The third kappa shape index (κ3) is 5.10. The Labute approximate surface area is 210 Å². The predicted molar refractivity (Wildman–Crippen MR) is 125 cm³/mol. The Morgan fingerprint density at radius 1 is 1.28 bits per heavy atom. The molecular weight excluding hydrogens is 472 g/mol. The highest BCUT2D eigenvalue weighted by Gasteiger charge is 2.60. The average molecular weight is 507 g/mol. The highest BCUT2D eigenvalue weighted by molar-refractivity contribution is 5.93. The van der Waals surface area contributed by atoms with Crippen molar-refractivity contribution in [2.45, 2.75) is 83.1 Å². The van der Waals surface area contributed by atoms with E-state index in [0.717, 1.165) is 0 Å². The van der Waals surface area contributed by atoms with Gasteiger partial charge >= 0.3 is 23.9 Å². The number of aliphatic hydroxyl groups excluding tert-OH is 1. The SMILES string of the molecule is C=C1C(=O)O[C@H]2[C@H]1[C@H](OC(=O)[C@H](C)CC)[C@@H](OC(=O)[C@@]1(C)O[C@@H]1C)/C(C(=O)OC)=C\CCC(=C)[C@@H]2O. The first-order valence-corrected chi connectivity index (χ1v) is 12.0. The third-order valence-electron chi connectivity index (χ3n) is 7.25. The molecule has 1 aliphatic carbocycles. The highest BCUT2D eigenvalue weighted by Crippen LogP contribution is 2.42. The standard InChI is InChI=1S/C26H34O10/c1-8-12(2)22(28)34-21-17-14(4)23(29)33-20(17)18(27)13(3)10-9-11-16(24(30)32-7)19(21)35-25(31)26(6)15(5)36-26/h11-12,15,17-21,27H,3-4,8-10H2,1-2,5-7H3/b16-11+/t12-,15-,17+,18+,19+,20+,21+,26+/m1/s1. The van der Waals surface area contributed by atoms with Gasteiger partial charge < -0.3 is 28.8 Å². The molecule has 0 spiro atoms. The fourth-order valence-electron chi connectivity index (χ4n) is 4.31. The molecular formula is C26H34O10. The topological polar surface area (TPSA) is 138 Å². The maximum absolute atomic E-state index is 13.1. The minimum absolute atomic E-state index is 0.0835. The summed E-state index contributed by atoms with van der Waals surface area (Å²) in [5, 5.41) is 11.0. The number of esters is 4. The Morgan fingerprint density at radius 2 is 1.92 bits per heavy atom. The van der Waals surface area contributed by atoms with Gasteiger partial charge in [-0.1, -0.05) is 33.1 Å². The van der Waals surface area contributed by atoms with Crippen LogP contribution in [0.2, 0.25) is 0 Å². The molecule has 2 heterocycles. The summed E-state index contributed by atoms with van der Waals surface area (Å²) in [6.07, 6.45) is -3.50. The zero-order chi connectivity index (χ0) is 26.9. The maximum Gasteiger partial charge on any atom is 0.341 e. The minimum Gasteiger partial charge on any atom is -0.466 e. The van der Waals surface area contributed by atoms with Crippen LogP contribution in [0.4, 0.5) is 0 Å². The van der Waals surface area contributed by atoms with E-state index >= 15 is 0 Å². The van der Waals surface area contributed by atoms with Crippen LogP contribution in [-0.4, -0.2) is 72.2 Å². The molecule has 0 aromatic heterocycles. The number of rotatable bonds is 6. The monoisotopic (exact) mass is 506 g/mol. The van der Waals surface area contributed by atoms with Gasteiger partial charge in [0.15, 0.2) is 17.8 Å². The smallest absolute Gasteiger partial charge is 0.341 e. The van der Waals surface area contributed by atoms with E-state index in [0.29, 0.717) is 12.0 Å². The first-order chi connectivity index (χ1) is 16.9. The Kier molecular flexibility index (Phi) is 8.10. The van der Waals surface area contributed by atoms with E-state index in [2.05, 4.69) is 13.2 Å². The molecule has 3 rings (SSSR count). The lowest BCUT2D eigenvalue weighted by Gasteiger charge is -2.36. The molecule has 3 aliphatic rings. The van der Waals surface area contributed by atoms with E-state index in [-0.39, 0.29) is 24.0 Å². The molecule has 2 fully saturated rings. The van der Waals surface area contributed by atoms with Crippen molar-refractivity contribution in [2.75, 3.05) is 7.11 Å². The van der Waals surface area contributed by atoms with Gasteiger partial charge in [0.1, 0.15) is 12.2 Å². The number of methoxy groups -OCH3 is 1. The minimum atomic E-state index is -1.50. The van der Waals surface area contributed by atoms with Crippen molar-refractivity contribution in [3.8, 4) is 0 Å². The number of allylic oxidation sites excluding steroid dienone is 1. The van der Waals surface area contributed by atoms with Crippen LogP contribution >= 0.6 is 0 Å². The van der Waals surface area contributed by atoms with Gasteiger partial charge in [-0.25, -0.2) is 14.4 Å². The Hall–Kier alpha value is -2.98. The number of hydrogen-bond acceptors (Lipinski definition) is 10. The van der Waals surface area contributed by atoms with Gasteiger partial charge in [0.05, 0.1) is 30.6 Å². The van der Waals surface area contributed by atoms with E-state index in [4.69, 9.17) is 23.7 Å². The molecule has 0 bridgehead atoms. The van der Waals surface area contributed by atoms with Crippen molar-refractivity contribution in [1.29, 1.82) is 0 Å². The summed E-state index contributed by atoms with van der Waals surface area (Å²) in [6.45, 7) is 14.4. The van der Waals surface area contributed by atoms with Crippen LogP contribution in [0.25, 0.3) is 0 Å². The Balaban J connectivity index is 2.18. The summed E-state index contributed by atoms with van der Waals surface area (Å²) in [7, 11) is 1.17. The molecule has 10 nitrogen and oxygen atoms in total. The van der Waals surface area contributed by atoms with Crippen molar-refractivity contribution in [2.24, 2.45) is 11.8 Å². The number of epoxide rings is 1. The lowest BCUT2D eigenvalue weighted by molar-refractivity contribution is -0.178. The molecule has 0 radical (unpaired) electrons. The average Bonchev–Trinajstić information content (AvgIpc) is 3.37. The lowest BCUT2D eigenvalue weighted by atomic mass is 9.80. The van der Waals surface area contributed by atoms with Gasteiger partial charge in [-0.2, -0.15) is 0 Å². The molecule has 2 saturated heterocycles. The molecule has 1 N–H and O–H groups in total. The van der Waals surface area contributed by atoms with Gasteiger partial charge in [-0.3, -0.25) is 4.79 Å². The van der Waals surface area contributed by atoms with E-state index in [1.807, 2.05) is 0 Å². The second-order valence-electron chi connectivity index (χ2n) is 9.62. The van der Waals surface area contributed by atoms with Crippen molar-refractivity contribution < 1.29 is 48.0 Å². The highest BCUT2D eigenvalue weighted by atomic mass is 16.7. The number of fused-ring (bicyclic) bond motifs is 1. The number of hydrogen-bond donors (Lipinski definition) is 1. The molecule has 2 aliphatic heterocycles. The van der Waals surface area contributed by atoms with Gasteiger partial charge in [0.25, 0.3) is 0 Å². The second kappa shape index (κ2) is 10.6. The zero-order valence-electron chi connectivity index (χ0n) is 21.3. The van der Waals surface area contributed by atoms with Gasteiger partial charge in [0.2, 0.25) is 0 Å². The summed E-state index contributed by atoms with van der Waals surface area (Å²) in [4.78, 5) is 51.6. The number of carbonyl (C=O) groups excluding carboxylic acids is 4. The summed E-state index contributed by atoms with van der Waals surface area (Å²) in [5.74, 6) is -4.74. The van der Waals surface area contributed by atoms with Crippen LogP contribution < -0.4 is 0 Å². The molecule has 0 unspecified atom stereocenters. The molecule has 0 aromatic rings. The first kappa shape index (κ1) is 27.6. The van der Waals surface area contributed by atoms with Gasteiger partial charge in [-0.15, -0.1) is 0 Å². The van der Waals surface area contributed by atoms with Crippen LogP contribution in [0.15, 0.2) is 36.0 Å². The summed E-state index contributed by atoms with van der Waals surface area (Å²) >= 11 is 0. The zero-order valence-corrected chi connectivity index (χ0v) is 21.3. The third-order valence-corrected chi connectivity index (χ3v) is 7.25. The first-order valence-electron chi connectivity index (χ1n) is 12.0. The summed E-state index contributed by atoms with van der Waals surface area (Å²) in [6, 6.07) is 0. The van der Waals surface area contributed by atoms with Gasteiger partial charge in [-0.05, 0) is 38.7 Å². The molecule has 0 aromatic carbocycles. The van der Waals surface area contributed by atoms with E-state index < -0.39 is 71.8 Å². The normalized spacial score (nSPS) is 36.5. The van der Waals surface area contributed by atoms with Crippen molar-refractivity contribution in [3.05, 3.63) is 36.0 Å². The number of ether oxygens (including phenoxy) is 5.